The van der Waals surface area contributed by atoms with Gasteiger partial charge in [0.2, 0.25) is 0 Å². The van der Waals surface area contributed by atoms with Crippen molar-refractivity contribution in [1.29, 1.82) is 0 Å². The number of ether oxygens (including phenoxy) is 1. The van der Waals surface area contributed by atoms with Gasteiger partial charge in [0.05, 0.1) is 34.7 Å². The van der Waals surface area contributed by atoms with E-state index in [-0.39, 0.29) is 23.9 Å². The summed E-state index contributed by atoms with van der Waals surface area (Å²) in [6, 6.07) is 3.58. The van der Waals surface area contributed by atoms with Crippen LogP contribution in [0.3, 0.4) is 0 Å². The lowest BCUT2D eigenvalue weighted by molar-refractivity contribution is -0.394. The first-order valence-corrected chi connectivity index (χ1v) is 7.99. The van der Waals surface area contributed by atoms with E-state index in [0.717, 1.165) is 17.2 Å². The van der Waals surface area contributed by atoms with E-state index in [0.29, 0.717) is 12.2 Å². The number of nitro benzene ring substituents is 2. The second-order valence-corrected chi connectivity index (χ2v) is 5.83. The van der Waals surface area contributed by atoms with Gasteiger partial charge in [0.1, 0.15) is 0 Å². The fourth-order valence-electron chi connectivity index (χ4n) is 2.87. The van der Waals surface area contributed by atoms with Crippen molar-refractivity contribution in [3.8, 4) is 0 Å². The lowest BCUT2D eigenvalue weighted by atomic mass is 9.92. The molecule has 132 valence electrons. The van der Waals surface area contributed by atoms with E-state index in [1.807, 2.05) is 48.6 Å². The largest absolute Gasteiger partial charge is 0.376 e. The van der Waals surface area contributed by atoms with Crippen LogP contribution in [0.4, 0.5) is 11.4 Å². The molecule has 0 aromatic heterocycles. The van der Waals surface area contributed by atoms with Gasteiger partial charge >= 0.3 is 0 Å². The second-order valence-electron chi connectivity index (χ2n) is 5.83. The van der Waals surface area contributed by atoms with Crippen LogP contribution in [0.25, 0.3) is 0 Å². The van der Waals surface area contributed by atoms with Gasteiger partial charge < -0.3 is 4.74 Å². The van der Waals surface area contributed by atoms with E-state index in [1.165, 1.54) is 12.1 Å². The van der Waals surface area contributed by atoms with Crippen LogP contribution in [0, 0.1) is 26.1 Å². The van der Waals surface area contributed by atoms with E-state index in [2.05, 4.69) is 0 Å². The molecule has 0 fully saturated rings. The zero-order chi connectivity index (χ0) is 18.5. The van der Waals surface area contributed by atoms with Gasteiger partial charge in [-0.25, -0.2) is 0 Å². The molecule has 26 heavy (non-hydrogen) atoms. The highest BCUT2D eigenvalue weighted by atomic mass is 16.6. The Morgan fingerprint density at radius 1 is 0.923 bits per heavy atom. The number of benzene rings is 1. The maximum atomic E-state index is 11.2. The molecule has 0 unspecified atom stereocenters. The standard InChI is InChI=1S/C19H16N2O5/c22-20(23)17-10-9-16(19(11-17)21(24)25)12-26-13-18-14-5-1-2-6-15(18)8-4-3-7-14/h1-11,18H,12-13H2. The number of rotatable bonds is 6. The molecule has 2 aliphatic rings. The van der Waals surface area contributed by atoms with Crippen LogP contribution in [0.1, 0.15) is 5.56 Å². The number of hydrogen-bond acceptors (Lipinski definition) is 5. The molecule has 2 aliphatic carbocycles. The number of fused-ring (bicyclic) bond motifs is 2. The molecule has 0 aliphatic heterocycles. The summed E-state index contributed by atoms with van der Waals surface area (Å²) in [6.45, 7) is 0.356. The molecule has 2 bridgehead atoms. The molecule has 0 radical (unpaired) electrons. The van der Waals surface area contributed by atoms with Gasteiger partial charge in [-0.2, -0.15) is 0 Å². The Morgan fingerprint density at radius 3 is 2.15 bits per heavy atom. The summed E-state index contributed by atoms with van der Waals surface area (Å²) in [5, 5.41) is 22.0. The van der Waals surface area contributed by atoms with Gasteiger partial charge in [-0.1, -0.05) is 48.6 Å². The summed E-state index contributed by atoms with van der Waals surface area (Å²) in [6.07, 6.45) is 15.9. The average Bonchev–Trinajstić information content (AvgIpc) is 2.93. The minimum atomic E-state index is -0.654. The lowest BCUT2D eigenvalue weighted by Gasteiger charge is -2.18. The number of nitro groups is 2. The third kappa shape index (κ3) is 3.84. The van der Waals surface area contributed by atoms with Gasteiger partial charge in [-0.05, 0) is 17.2 Å². The zero-order valence-corrected chi connectivity index (χ0v) is 13.8. The minimum absolute atomic E-state index is 0.00618. The first-order valence-electron chi connectivity index (χ1n) is 7.99. The van der Waals surface area contributed by atoms with Gasteiger partial charge in [-0.3, -0.25) is 20.2 Å². The van der Waals surface area contributed by atoms with Crippen molar-refractivity contribution in [3.63, 3.8) is 0 Å². The predicted molar refractivity (Wildman–Crippen MR) is 96.5 cm³/mol. The van der Waals surface area contributed by atoms with Gasteiger partial charge in [-0.15, -0.1) is 0 Å². The van der Waals surface area contributed by atoms with Crippen molar-refractivity contribution in [2.24, 2.45) is 5.92 Å². The Morgan fingerprint density at radius 2 is 1.58 bits per heavy atom. The Hall–Kier alpha value is -3.32. The van der Waals surface area contributed by atoms with E-state index in [1.54, 1.807) is 0 Å². The molecule has 7 heteroatoms. The molecular formula is C19H16N2O5. The van der Waals surface area contributed by atoms with E-state index in [4.69, 9.17) is 4.74 Å². The first-order chi connectivity index (χ1) is 12.6. The first kappa shape index (κ1) is 17.5. The van der Waals surface area contributed by atoms with Crippen molar-refractivity contribution >= 4 is 11.4 Å². The highest BCUT2D eigenvalue weighted by Crippen LogP contribution is 2.29. The van der Waals surface area contributed by atoms with Crippen LogP contribution in [-0.4, -0.2) is 16.5 Å². The third-order valence-corrected chi connectivity index (χ3v) is 4.20. The molecule has 3 rings (SSSR count). The molecular weight excluding hydrogens is 336 g/mol. The predicted octanol–water partition coefficient (Wildman–Crippen LogP) is 4.18. The Kier molecular flexibility index (Phi) is 5.19. The molecule has 0 amide bonds. The molecule has 0 spiro atoms. The maximum absolute atomic E-state index is 11.2. The smallest absolute Gasteiger partial charge is 0.281 e. The number of nitrogens with zero attached hydrogens (tertiary/aromatic N) is 2. The summed E-state index contributed by atoms with van der Waals surface area (Å²) in [7, 11) is 0. The van der Waals surface area contributed by atoms with Crippen molar-refractivity contribution in [2.45, 2.75) is 6.61 Å². The fraction of sp³-hybridized carbons (Fsp3) is 0.158. The summed E-state index contributed by atoms with van der Waals surface area (Å²) >= 11 is 0. The van der Waals surface area contributed by atoms with Crippen LogP contribution in [0.2, 0.25) is 0 Å². The molecule has 0 N–H and O–H groups in total. The third-order valence-electron chi connectivity index (χ3n) is 4.20. The normalized spacial score (nSPS) is 15.8. The quantitative estimate of drug-likeness (QED) is 0.565. The Balaban J connectivity index is 1.74. The summed E-state index contributed by atoms with van der Waals surface area (Å²) in [4.78, 5) is 20.7. The van der Waals surface area contributed by atoms with Crippen LogP contribution in [0.5, 0.6) is 0 Å². The lowest BCUT2D eigenvalue weighted by Crippen LogP contribution is -2.13. The van der Waals surface area contributed by atoms with Crippen LogP contribution < -0.4 is 0 Å². The van der Waals surface area contributed by atoms with Crippen molar-refractivity contribution in [1.82, 2.24) is 0 Å². The Bertz CT molecular complexity index is 861. The SMILES string of the molecule is O=[N+]([O-])c1ccc(COCC2C3=CC=CC=C2C=CC=C3)c([N+](=O)[O-])c1. The number of non-ortho nitro benzene ring substituents is 1. The van der Waals surface area contributed by atoms with E-state index in [9.17, 15) is 20.2 Å². The van der Waals surface area contributed by atoms with Gasteiger partial charge in [0, 0.05) is 12.0 Å². The summed E-state index contributed by atoms with van der Waals surface area (Å²) < 4.78 is 5.75. The zero-order valence-electron chi connectivity index (χ0n) is 13.8. The fourth-order valence-corrected chi connectivity index (χ4v) is 2.87. The Labute approximate surface area is 149 Å². The van der Waals surface area contributed by atoms with E-state index >= 15 is 0 Å². The molecule has 0 saturated heterocycles. The molecule has 0 atom stereocenters. The van der Waals surface area contributed by atoms with Crippen molar-refractivity contribution in [3.05, 3.63) is 104 Å². The topological polar surface area (TPSA) is 95.5 Å². The highest BCUT2D eigenvalue weighted by Gasteiger charge is 2.21. The van der Waals surface area contributed by atoms with Crippen LogP contribution in [-0.2, 0) is 11.3 Å². The van der Waals surface area contributed by atoms with E-state index < -0.39 is 9.85 Å². The monoisotopic (exact) mass is 352 g/mol. The molecule has 1 aromatic rings. The highest BCUT2D eigenvalue weighted by molar-refractivity contribution is 5.49. The van der Waals surface area contributed by atoms with Gasteiger partial charge in [0.25, 0.3) is 11.4 Å². The maximum Gasteiger partial charge on any atom is 0.281 e. The molecule has 0 saturated carbocycles. The molecule has 7 nitrogen and oxygen atoms in total. The average molecular weight is 352 g/mol. The molecule has 0 heterocycles. The summed E-state index contributed by atoms with van der Waals surface area (Å²) in [5.74, 6) is 0.0251. The molecule has 1 aromatic carbocycles. The van der Waals surface area contributed by atoms with Crippen molar-refractivity contribution in [2.75, 3.05) is 6.61 Å². The second kappa shape index (κ2) is 7.71. The van der Waals surface area contributed by atoms with Gasteiger partial charge in [0.15, 0.2) is 0 Å². The van der Waals surface area contributed by atoms with Crippen molar-refractivity contribution < 1.29 is 14.6 Å². The van der Waals surface area contributed by atoms with Crippen LogP contribution >= 0.6 is 0 Å². The summed E-state index contributed by atoms with van der Waals surface area (Å²) in [5.41, 5.74) is 1.87. The number of hydrogen-bond donors (Lipinski definition) is 0. The number of allylic oxidation sites excluding steroid dienone is 8. The van der Waals surface area contributed by atoms with Crippen LogP contribution in [0.15, 0.2) is 78.0 Å². The minimum Gasteiger partial charge on any atom is -0.376 e.